The Morgan fingerprint density at radius 1 is 1.00 bits per heavy atom. The topological polar surface area (TPSA) is 173 Å². The third-order valence-corrected chi connectivity index (χ3v) is 10.2. The zero-order valence-electron chi connectivity index (χ0n) is 20.4. The van der Waals surface area contributed by atoms with Gasteiger partial charge < -0.3 is 20.4 Å². The van der Waals surface area contributed by atoms with Gasteiger partial charge in [-0.2, -0.15) is 8.42 Å². The maximum atomic E-state index is 11.2. The molecule has 0 spiro atoms. The van der Waals surface area contributed by atoms with E-state index in [1.807, 2.05) is 6.92 Å². The van der Waals surface area contributed by atoms with Crippen molar-refractivity contribution >= 4 is 16.4 Å². The SMILES string of the molecule is C[C@H](CCC(=O)O)[C@H]1C(O)(O)C(O)[C@H]2[C@@H]3CCC4CCCC[C@]4(C)[C@H]3CC[C@@]21C.O=S(=O)(O)O. The lowest BCUT2D eigenvalue weighted by Crippen LogP contribution is -2.54. The molecular weight excluding hydrogens is 464 g/mol. The van der Waals surface area contributed by atoms with Crippen LogP contribution in [0.3, 0.4) is 0 Å². The number of hydrogen-bond acceptors (Lipinski definition) is 6. The number of carboxylic acid groups (broad SMARTS) is 1. The first kappa shape index (κ1) is 27.8. The van der Waals surface area contributed by atoms with E-state index < -0.39 is 34.2 Å². The van der Waals surface area contributed by atoms with Crippen molar-refractivity contribution in [3.8, 4) is 0 Å². The van der Waals surface area contributed by atoms with Gasteiger partial charge in [0.15, 0.2) is 5.79 Å². The lowest BCUT2D eigenvalue weighted by molar-refractivity contribution is -0.252. The Morgan fingerprint density at radius 3 is 2.21 bits per heavy atom. The molecule has 34 heavy (non-hydrogen) atoms. The van der Waals surface area contributed by atoms with Crippen LogP contribution in [0.4, 0.5) is 0 Å². The fourth-order valence-electron chi connectivity index (χ4n) is 9.05. The van der Waals surface area contributed by atoms with E-state index >= 15 is 0 Å². The molecule has 0 amide bonds. The second-order valence-corrected chi connectivity index (χ2v) is 12.8. The molecule has 0 aliphatic heterocycles. The molecule has 4 aliphatic rings. The molecule has 198 valence electrons. The smallest absolute Gasteiger partial charge is 0.394 e. The van der Waals surface area contributed by atoms with Crippen molar-refractivity contribution in [2.24, 2.45) is 46.3 Å². The Hall–Kier alpha value is -0.780. The van der Waals surface area contributed by atoms with Gasteiger partial charge in [0.25, 0.3) is 0 Å². The first-order chi connectivity index (χ1) is 15.5. The highest BCUT2D eigenvalue weighted by molar-refractivity contribution is 7.79. The summed E-state index contributed by atoms with van der Waals surface area (Å²) in [7, 11) is -4.67. The molecule has 0 aromatic rings. The molecule has 0 aromatic heterocycles. The highest BCUT2D eigenvalue weighted by Crippen LogP contribution is 2.69. The van der Waals surface area contributed by atoms with Crippen molar-refractivity contribution in [3.63, 3.8) is 0 Å². The van der Waals surface area contributed by atoms with Crippen LogP contribution >= 0.6 is 0 Å². The second-order valence-electron chi connectivity index (χ2n) is 11.9. The van der Waals surface area contributed by atoms with Crippen molar-refractivity contribution in [1.82, 2.24) is 0 Å². The van der Waals surface area contributed by atoms with Crippen molar-refractivity contribution in [3.05, 3.63) is 0 Å². The van der Waals surface area contributed by atoms with Crippen LogP contribution in [-0.4, -0.2) is 55.8 Å². The molecule has 4 saturated carbocycles. The van der Waals surface area contributed by atoms with Crippen LogP contribution in [0.15, 0.2) is 0 Å². The molecule has 2 unspecified atom stereocenters. The zero-order valence-corrected chi connectivity index (χ0v) is 21.2. The second kappa shape index (κ2) is 9.59. The highest BCUT2D eigenvalue weighted by Gasteiger charge is 2.70. The third-order valence-electron chi connectivity index (χ3n) is 10.2. The van der Waals surface area contributed by atoms with Crippen LogP contribution < -0.4 is 0 Å². The van der Waals surface area contributed by atoms with E-state index in [4.69, 9.17) is 22.6 Å². The maximum absolute atomic E-state index is 11.2. The molecule has 9 nitrogen and oxygen atoms in total. The molecule has 0 heterocycles. The molecular formula is C24H42O9S. The van der Waals surface area contributed by atoms with Crippen molar-refractivity contribution in [2.75, 3.05) is 0 Å². The maximum Gasteiger partial charge on any atom is 0.394 e. The Labute approximate surface area is 202 Å². The number of aliphatic carboxylic acids is 1. The number of rotatable bonds is 4. The number of carbonyl (C=O) groups is 1. The van der Waals surface area contributed by atoms with E-state index in [-0.39, 0.29) is 23.7 Å². The van der Waals surface area contributed by atoms with Crippen LogP contribution in [0, 0.1) is 46.3 Å². The van der Waals surface area contributed by atoms with Gasteiger partial charge in [-0.3, -0.25) is 13.9 Å². The van der Waals surface area contributed by atoms with Crippen LogP contribution in [0.1, 0.15) is 85.0 Å². The van der Waals surface area contributed by atoms with Gasteiger partial charge in [-0.25, -0.2) is 0 Å². The van der Waals surface area contributed by atoms with Gasteiger partial charge in [-0.1, -0.05) is 33.6 Å². The van der Waals surface area contributed by atoms with E-state index in [0.717, 1.165) is 25.2 Å². The summed E-state index contributed by atoms with van der Waals surface area (Å²) in [6.07, 6.45) is 8.75. The van der Waals surface area contributed by atoms with E-state index in [1.54, 1.807) is 0 Å². The van der Waals surface area contributed by atoms with Gasteiger partial charge in [-0.15, -0.1) is 0 Å². The summed E-state index contributed by atoms with van der Waals surface area (Å²) in [6.45, 7) is 6.54. The Kier molecular flexibility index (Phi) is 7.84. The molecule has 0 bridgehead atoms. The lowest BCUT2D eigenvalue weighted by Gasteiger charge is -2.60. The molecule has 4 fully saturated rings. The molecule has 6 N–H and O–H groups in total. The van der Waals surface area contributed by atoms with Crippen molar-refractivity contribution in [1.29, 1.82) is 0 Å². The average Bonchev–Trinajstić information content (AvgIpc) is 2.86. The highest BCUT2D eigenvalue weighted by atomic mass is 32.3. The Morgan fingerprint density at radius 2 is 1.62 bits per heavy atom. The summed E-state index contributed by atoms with van der Waals surface area (Å²) in [4.78, 5) is 11.1. The zero-order chi connectivity index (χ0) is 25.7. The average molecular weight is 507 g/mol. The molecule has 9 atom stereocenters. The summed E-state index contributed by atoms with van der Waals surface area (Å²) in [6, 6.07) is 0. The summed E-state index contributed by atoms with van der Waals surface area (Å²) >= 11 is 0. The van der Waals surface area contributed by atoms with Crippen LogP contribution in [-0.2, 0) is 15.2 Å². The van der Waals surface area contributed by atoms with E-state index in [2.05, 4.69) is 13.8 Å². The fourth-order valence-corrected chi connectivity index (χ4v) is 9.05. The van der Waals surface area contributed by atoms with Crippen molar-refractivity contribution in [2.45, 2.75) is 96.9 Å². The van der Waals surface area contributed by atoms with Gasteiger partial charge in [0.1, 0.15) is 6.10 Å². The summed E-state index contributed by atoms with van der Waals surface area (Å²) in [5.74, 6) is -2.11. The third kappa shape index (κ3) is 5.04. The molecule has 4 rings (SSSR count). The number of aliphatic hydroxyl groups excluding tert-OH is 1. The standard InChI is InChI=1S/C24H40O5.H2O4S/c1-14(7-10-18(25)26)20-23(3)13-11-17-16(19(23)21(27)24(20,28)29)9-8-15-6-4-5-12-22(15,17)2;1-5(2,3)4/h14-17,19-21,27-29H,4-13H2,1-3H3,(H,25,26);(H2,1,2,3,4)/t14-,15?,16-,17+,19-,20-,21?,22+,23+;/m1./s1. The first-order valence-electron chi connectivity index (χ1n) is 12.6. The molecule has 10 heteroatoms. The number of carboxylic acids is 1. The molecule has 0 radical (unpaired) electrons. The predicted molar refractivity (Wildman–Crippen MR) is 124 cm³/mol. The van der Waals surface area contributed by atoms with Gasteiger partial charge in [0.05, 0.1) is 0 Å². The van der Waals surface area contributed by atoms with Gasteiger partial charge >= 0.3 is 16.4 Å². The minimum absolute atomic E-state index is 0.0242. The summed E-state index contributed by atoms with van der Waals surface area (Å²) in [5, 5.41) is 42.5. The monoisotopic (exact) mass is 506 g/mol. The first-order valence-corrected chi connectivity index (χ1v) is 14.0. The molecule has 0 saturated heterocycles. The van der Waals surface area contributed by atoms with E-state index in [1.165, 1.54) is 32.1 Å². The lowest BCUT2D eigenvalue weighted by atomic mass is 9.44. The minimum atomic E-state index is -4.67. The number of fused-ring (bicyclic) bond motifs is 5. The van der Waals surface area contributed by atoms with Crippen molar-refractivity contribution < 1.29 is 42.7 Å². The quantitative estimate of drug-likeness (QED) is 0.247. The minimum Gasteiger partial charge on any atom is -0.481 e. The predicted octanol–water partition coefficient (Wildman–Crippen LogP) is 3.15. The van der Waals surface area contributed by atoms with Gasteiger partial charge in [0.2, 0.25) is 0 Å². The summed E-state index contributed by atoms with van der Waals surface area (Å²) < 4.78 is 31.6. The van der Waals surface area contributed by atoms with E-state index in [9.17, 15) is 20.1 Å². The Bertz CT molecular complexity index is 851. The Balaban J connectivity index is 0.000000588. The number of hydrogen-bond donors (Lipinski definition) is 6. The van der Waals surface area contributed by atoms with Crippen LogP contribution in [0.25, 0.3) is 0 Å². The summed E-state index contributed by atoms with van der Waals surface area (Å²) in [5.41, 5.74) is -0.0390. The van der Waals surface area contributed by atoms with Gasteiger partial charge in [-0.05, 0) is 85.4 Å². The van der Waals surface area contributed by atoms with Crippen LogP contribution in [0.5, 0.6) is 0 Å². The normalized spacial score (nSPS) is 44.0. The fraction of sp³-hybridized carbons (Fsp3) is 0.958. The largest absolute Gasteiger partial charge is 0.481 e. The van der Waals surface area contributed by atoms with E-state index in [0.29, 0.717) is 23.7 Å². The van der Waals surface area contributed by atoms with Gasteiger partial charge in [0, 0.05) is 12.3 Å². The van der Waals surface area contributed by atoms with Crippen LogP contribution in [0.2, 0.25) is 0 Å². The number of aliphatic hydroxyl groups is 3. The molecule has 4 aliphatic carbocycles. The molecule has 0 aromatic carbocycles.